The quantitative estimate of drug-likeness (QED) is 0.911. The maximum Gasteiger partial charge on any atom is 0.261 e. The molecule has 0 unspecified atom stereocenters. The van der Waals surface area contributed by atoms with E-state index >= 15 is 0 Å². The highest BCUT2D eigenvalue weighted by atomic mass is 79.9. The maximum absolute atomic E-state index is 12.3. The highest BCUT2D eigenvalue weighted by molar-refractivity contribution is 9.10. The van der Waals surface area contributed by atoms with E-state index in [1.807, 2.05) is 6.07 Å². The van der Waals surface area contributed by atoms with Crippen molar-refractivity contribution in [2.75, 3.05) is 11.8 Å². The van der Waals surface area contributed by atoms with Crippen molar-refractivity contribution >= 4 is 31.6 Å². The zero-order chi connectivity index (χ0) is 14.8. The number of nitrogens with one attached hydrogen (secondary N) is 1. The molecule has 0 fully saturated rings. The lowest BCUT2D eigenvalue weighted by Crippen LogP contribution is -2.13. The van der Waals surface area contributed by atoms with Gasteiger partial charge < -0.3 is 4.74 Å². The van der Waals surface area contributed by atoms with Crippen molar-refractivity contribution in [1.82, 2.24) is 0 Å². The molecule has 4 nitrogen and oxygen atoms in total. The van der Waals surface area contributed by atoms with Crippen molar-refractivity contribution in [1.29, 1.82) is 0 Å². The molecule has 2 aromatic carbocycles. The Morgan fingerprint density at radius 3 is 2.50 bits per heavy atom. The van der Waals surface area contributed by atoms with Crippen LogP contribution in [0.25, 0.3) is 0 Å². The third kappa shape index (κ3) is 3.32. The summed E-state index contributed by atoms with van der Waals surface area (Å²) in [6, 6.07) is 11.7. The molecule has 2 aromatic rings. The van der Waals surface area contributed by atoms with Crippen molar-refractivity contribution in [3.05, 3.63) is 52.5 Å². The molecule has 0 aliphatic heterocycles. The summed E-state index contributed by atoms with van der Waals surface area (Å²) in [5.74, 6) is 0.659. The topological polar surface area (TPSA) is 55.4 Å². The van der Waals surface area contributed by atoms with E-state index in [4.69, 9.17) is 4.74 Å². The minimum absolute atomic E-state index is 0.204. The van der Waals surface area contributed by atoms with Crippen LogP contribution < -0.4 is 9.46 Å². The first-order chi connectivity index (χ1) is 9.42. The number of hydrogen-bond donors (Lipinski definition) is 1. The first-order valence-electron chi connectivity index (χ1n) is 5.85. The summed E-state index contributed by atoms with van der Waals surface area (Å²) in [5, 5.41) is 0. The van der Waals surface area contributed by atoms with E-state index in [0.29, 0.717) is 11.4 Å². The molecule has 0 aliphatic rings. The zero-order valence-corrected chi connectivity index (χ0v) is 13.5. The van der Waals surface area contributed by atoms with E-state index in [1.54, 1.807) is 44.4 Å². The Hall–Kier alpha value is -1.53. The number of sulfonamides is 1. The zero-order valence-electron chi connectivity index (χ0n) is 11.1. The number of methoxy groups -OCH3 is 1. The van der Waals surface area contributed by atoms with Gasteiger partial charge in [0.2, 0.25) is 0 Å². The lowest BCUT2D eigenvalue weighted by Gasteiger charge is -2.10. The van der Waals surface area contributed by atoms with Crippen LogP contribution in [-0.4, -0.2) is 15.5 Å². The van der Waals surface area contributed by atoms with Crippen LogP contribution >= 0.6 is 15.9 Å². The van der Waals surface area contributed by atoms with Gasteiger partial charge in [0.05, 0.1) is 12.0 Å². The van der Waals surface area contributed by atoms with Gasteiger partial charge in [-0.25, -0.2) is 8.42 Å². The average molecular weight is 356 g/mol. The maximum atomic E-state index is 12.3. The second kappa shape index (κ2) is 5.85. The molecular formula is C14H14BrNO3S. The molecule has 0 saturated heterocycles. The number of aryl methyl sites for hydroxylation is 1. The molecule has 0 aromatic heterocycles. The van der Waals surface area contributed by atoms with Gasteiger partial charge in [-0.1, -0.05) is 22.0 Å². The van der Waals surface area contributed by atoms with Gasteiger partial charge in [-0.05, 0) is 48.9 Å². The molecule has 2 rings (SSSR count). The fraction of sp³-hybridized carbons (Fsp3) is 0.143. The van der Waals surface area contributed by atoms with Crippen LogP contribution in [0.4, 0.5) is 5.69 Å². The molecule has 0 bridgehead atoms. The lowest BCUT2D eigenvalue weighted by molar-refractivity contribution is 0.411. The summed E-state index contributed by atoms with van der Waals surface area (Å²) < 4.78 is 33.1. The highest BCUT2D eigenvalue weighted by Gasteiger charge is 2.15. The van der Waals surface area contributed by atoms with Crippen LogP contribution in [0.5, 0.6) is 5.75 Å². The SMILES string of the molecule is COc1ccc(S(=O)(=O)Nc2cccc(Br)c2)cc1C. The van der Waals surface area contributed by atoms with Crippen molar-refractivity contribution in [3.8, 4) is 5.75 Å². The minimum atomic E-state index is -3.60. The van der Waals surface area contributed by atoms with Gasteiger partial charge in [0.15, 0.2) is 0 Å². The smallest absolute Gasteiger partial charge is 0.261 e. The van der Waals surface area contributed by atoms with Gasteiger partial charge >= 0.3 is 0 Å². The van der Waals surface area contributed by atoms with Crippen LogP contribution in [-0.2, 0) is 10.0 Å². The van der Waals surface area contributed by atoms with Crippen LogP contribution in [0.3, 0.4) is 0 Å². The minimum Gasteiger partial charge on any atom is -0.496 e. The fourth-order valence-electron chi connectivity index (χ4n) is 1.78. The third-order valence-corrected chi connectivity index (χ3v) is 4.63. The molecule has 0 heterocycles. The van der Waals surface area contributed by atoms with Gasteiger partial charge in [0, 0.05) is 10.2 Å². The molecule has 6 heteroatoms. The number of rotatable bonds is 4. The summed E-state index contributed by atoms with van der Waals surface area (Å²) in [5.41, 5.74) is 1.28. The number of anilines is 1. The highest BCUT2D eigenvalue weighted by Crippen LogP contribution is 2.24. The summed E-state index contributed by atoms with van der Waals surface area (Å²) in [7, 11) is -2.05. The van der Waals surface area contributed by atoms with Crippen LogP contribution in [0.1, 0.15) is 5.56 Å². The van der Waals surface area contributed by atoms with E-state index in [9.17, 15) is 8.42 Å². The number of benzene rings is 2. The summed E-state index contributed by atoms with van der Waals surface area (Å²) in [6.45, 7) is 1.80. The summed E-state index contributed by atoms with van der Waals surface area (Å²) >= 11 is 3.31. The molecule has 106 valence electrons. The van der Waals surface area contributed by atoms with Crippen LogP contribution in [0.2, 0.25) is 0 Å². The second-order valence-electron chi connectivity index (χ2n) is 4.25. The normalized spacial score (nSPS) is 11.2. The molecule has 0 radical (unpaired) electrons. The summed E-state index contributed by atoms with van der Waals surface area (Å²) in [4.78, 5) is 0.204. The van der Waals surface area contributed by atoms with Gasteiger partial charge in [-0.15, -0.1) is 0 Å². The van der Waals surface area contributed by atoms with Gasteiger partial charge in [-0.2, -0.15) is 0 Å². The van der Waals surface area contributed by atoms with Crippen molar-refractivity contribution < 1.29 is 13.2 Å². The molecule has 0 atom stereocenters. The fourth-order valence-corrected chi connectivity index (χ4v) is 3.32. The third-order valence-electron chi connectivity index (χ3n) is 2.75. The Kier molecular flexibility index (Phi) is 4.35. The number of hydrogen-bond acceptors (Lipinski definition) is 3. The average Bonchev–Trinajstić information content (AvgIpc) is 2.38. The Morgan fingerprint density at radius 2 is 1.90 bits per heavy atom. The Bertz CT molecular complexity index is 729. The van der Waals surface area contributed by atoms with E-state index in [0.717, 1.165) is 10.0 Å². The van der Waals surface area contributed by atoms with E-state index < -0.39 is 10.0 Å². The van der Waals surface area contributed by atoms with E-state index in [2.05, 4.69) is 20.7 Å². The Morgan fingerprint density at radius 1 is 1.15 bits per heavy atom. The van der Waals surface area contributed by atoms with E-state index in [1.165, 1.54) is 6.07 Å². The van der Waals surface area contributed by atoms with Crippen molar-refractivity contribution in [2.45, 2.75) is 11.8 Å². The molecular weight excluding hydrogens is 342 g/mol. The molecule has 0 amide bonds. The molecule has 0 aliphatic carbocycles. The molecule has 1 N–H and O–H groups in total. The molecule has 0 saturated carbocycles. The Balaban J connectivity index is 2.33. The molecule has 20 heavy (non-hydrogen) atoms. The number of ether oxygens (including phenoxy) is 1. The summed E-state index contributed by atoms with van der Waals surface area (Å²) in [6.07, 6.45) is 0. The van der Waals surface area contributed by atoms with Crippen LogP contribution in [0, 0.1) is 6.92 Å². The monoisotopic (exact) mass is 355 g/mol. The lowest BCUT2D eigenvalue weighted by atomic mass is 10.2. The first-order valence-corrected chi connectivity index (χ1v) is 8.13. The predicted molar refractivity (Wildman–Crippen MR) is 82.7 cm³/mol. The predicted octanol–water partition coefficient (Wildman–Crippen LogP) is 3.57. The largest absolute Gasteiger partial charge is 0.496 e. The molecule has 0 spiro atoms. The standard InChI is InChI=1S/C14H14BrNO3S/c1-10-8-13(6-7-14(10)19-2)20(17,18)16-12-5-3-4-11(15)9-12/h3-9,16H,1-2H3. The van der Waals surface area contributed by atoms with E-state index in [-0.39, 0.29) is 4.90 Å². The van der Waals surface area contributed by atoms with Crippen molar-refractivity contribution in [3.63, 3.8) is 0 Å². The van der Waals surface area contributed by atoms with Gasteiger partial charge in [0.1, 0.15) is 5.75 Å². The Labute approximate surface area is 127 Å². The first kappa shape index (κ1) is 14.9. The van der Waals surface area contributed by atoms with Crippen molar-refractivity contribution in [2.24, 2.45) is 0 Å². The second-order valence-corrected chi connectivity index (χ2v) is 6.85. The van der Waals surface area contributed by atoms with Gasteiger partial charge in [0.25, 0.3) is 10.0 Å². The van der Waals surface area contributed by atoms with Crippen LogP contribution in [0.15, 0.2) is 51.8 Å². The number of halogens is 1. The van der Waals surface area contributed by atoms with Gasteiger partial charge in [-0.3, -0.25) is 4.72 Å².